The third-order valence-corrected chi connectivity index (χ3v) is 5.31. The molecule has 2 aromatic carbocycles. The van der Waals surface area contributed by atoms with Crippen LogP contribution in [-0.4, -0.2) is 34.9 Å². The second kappa shape index (κ2) is 9.30. The van der Waals surface area contributed by atoms with Crippen molar-refractivity contribution >= 4 is 34.4 Å². The SMILES string of the molecule is CCSC(=NCCC1C(=O)c2ccccc2C1=O)NC(=O)c1cccc(C#N)c1. The molecule has 0 saturated carbocycles. The Morgan fingerprint density at radius 2 is 1.83 bits per heavy atom. The average molecular weight is 405 g/mol. The monoisotopic (exact) mass is 405 g/mol. The summed E-state index contributed by atoms with van der Waals surface area (Å²) in [5.41, 5.74) is 1.71. The normalized spacial score (nSPS) is 13.9. The first-order valence-corrected chi connectivity index (χ1v) is 10.2. The largest absolute Gasteiger partial charge is 0.301 e. The van der Waals surface area contributed by atoms with E-state index < -0.39 is 5.92 Å². The van der Waals surface area contributed by atoms with Crippen LogP contribution >= 0.6 is 11.8 Å². The number of aliphatic imine (C=N–C) groups is 1. The second-order valence-corrected chi connectivity index (χ2v) is 7.63. The van der Waals surface area contributed by atoms with Gasteiger partial charge in [0.1, 0.15) is 0 Å². The van der Waals surface area contributed by atoms with Crippen LogP contribution in [0.5, 0.6) is 0 Å². The summed E-state index contributed by atoms with van der Waals surface area (Å²) in [5.74, 6) is -0.704. The van der Waals surface area contributed by atoms with Gasteiger partial charge in [-0.2, -0.15) is 5.26 Å². The van der Waals surface area contributed by atoms with Gasteiger partial charge in [-0.25, -0.2) is 0 Å². The molecule has 7 heteroatoms. The molecule has 0 aromatic heterocycles. The molecular formula is C22H19N3O3S. The van der Waals surface area contributed by atoms with E-state index in [2.05, 4.69) is 10.3 Å². The Bertz CT molecular complexity index is 1000. The number of nitrogens with zero attached hydrogens (tertiary/aromatic N) is 2. The standard InChI is InChI=1S/C22H19N3O3S/c1-2-29-22(25-21(28)15-7-5-6-14(12-15)13-23)24-11-10-18-19(26)16-8-3-4-9-17(16)20(18)27/h3-9,12,18H,2,10-11H2,1H3,(H,24,25,28). The molecule has 0 spiro atoms. The number of carbonyl (C=O) groups is 3. The number of thioether (sulfide) groups is 1. The predicted molar refractivity (Wildman–Crippen MR) is 112 cm³/mol. The Kier molecular flexibility index (Phi) is 6.57. The van der Waals surface area contributed by atoms with E-state index in [-0.39, 0.29) is 24.0 Å². The highest BCUT2D eigenvalue weighted by atomic mass is 32.2. The van der Waals surface area contributed by atoms with Crippen molar-refractivity contribution in [3.8, 4) is 6.07 Å². The molecule has 2 aromatic rings. The summed E-state index contributed by atoms with van der Waals surface area (Å²) in [4.78, 5) is 41.8. The number of fused-ring (bicyclic) bond motifs is 1. The van der Waals surface area contributed by atoms with Crippen molar-refractivity contribution in [1.82, 2.24) is 5.32 Å². The molecule has 0 heterocycles. The number of hydrogen-bond donors (Lipinski definition) is 1. The average Bonchev–Trinajstić information content (AvgIpc) is 2.99. The molecule has 146 valence electrons. The zero-order valence-electron chi connectivity index (χ0n) is 15.8. The molecule has 0 unspecified atom stereocenters. The number of rotatable bonds is 5. The van der Waals surface area contributed by atoms with Gasteiger partial charge in [-0.1, -0.05) is 49.0 Å². The molecule has 1 aliphatic carbocycles. The highest BCUT2D eigenvalue weighted by Gasteiger charge is 2.37. The number of ketones is 2. The minimum atomic E-state index is -0.716. The minimum Gasteiger partial charge on any atom is -0.301 e. The lowest BCUT2D eigenvalue weighted by Gasteiger charge is -2.09. The van der Waals surface area contributed by atoms with Crippen molar-refractivity contribution in [1.29, 1.82) is 5.26 Å². The van der Waals surface area contributed by atoms with Crippen LogP contribution in [0, 0.1) is 17.2 Å². The Labute approximate surface area is 173 Å². The lowest BCUT2D eigenvalue weighted by molar-refractivity contribution is 0.0832. The van der Waals surface area contributed by atoms with E-state index in [0.717, 1.165) is 0 Å². The number of amides is 1. The maximum atomic E-state index is 12.5. The number of carbonyl (C=O) groups excluding carboxylic acids is 3. The van der Waals surface area contributed by atoms with E-state index in [4.69, 9.17) is 5.26 Å². The fourth-order valence-corrected chi connectivity index (χ4v) is 3.74. The molecule has 0 atom stereocenters. The lowest BCUT2D eigenvalue weighted by Crippen LogP contribution is -2.29. The second-order valence-electron chi connectivity index (χ2n) is 6.38. The van der Waals surface area contributed by atoms with Gasteiger partial charge in [0.05, 0.1) is 17.6 Å². The molecule has 1 N–H and O–H groups in total. The Morgan fingerprint density at radius 3 is 2.45 bits per heavy atom. The van der Waals surface area contributed by atoms with Crippen LogP contribution in [0.25, 0.3) is 0 Å². The van der Waals surface area contributed by atoms with Crippen LogP contribution in [0.1, 0.15) is 50.0 Å². The van der Waals surface area contributed by atoms with Crippen molar-refractivity contribution in [2.45, 2.75) is 13.3 Å². The number of benzene rings is 2. The van der Waals surface area contributed by atoms with Crippen molar-refractivity contribution < 1.29 is 14.4 Å². The van der Waals surface area contributed by atoms with Crippen molar-refractivity contribution in [2.75, 3.05) is 12.3 Å². The van der Waals surface area contributed by atoms with Crippen molar-refractivity contribution in [3.63, 3.8) is 0 Å². The van der Waals surface area contributed by atoms with Crippen LogP contribution in [0.4, 0.5) is 0 Å². The quantitative estimate of drug-likeness (QED) is 0.466. The van der Waals surface area contributed by atoms with Crippen molar-refractivity contribution in [2.24, 2.45) is 10.9 Å². The molecule has 1 aliphatic rings. The van der Waals surface area contributed by atoms with Gasteiger partial charge in [0.2, 0.25) is 0 Å². The Balaban J connectivity index is 1.66. The van der Waals surface area contributed by atoms with Crippen LogP contribution in [0.2, 0.25) is 0 Å². The molecule has 29 heavy (non-hydrogen) atoms. The summed E-state index contributed by atoms with van der Waals surface area (Å²) in [6, 6.07) is 15.2. The third-order valence-electron chi connectivity index (χ3n) is 4.52. The molecule has 0 fully saturated rings. The van der Waals surface area contributed by atoms with Gasteiger partial charge >= 0.3 is 0 Å². The zero-order valence-corrected chi connectivity index (χ0v) is 16.7. The molecule has 6 nitrogen and oxygen atoms in total. The zero-order chi connectivity index (χ0) is 20.8. The Hall–Kier alpha value is -3.24. The molecule has 1 amide bonds. The van der Waals surface area contributed by atoms with Gasteiger partial charge in [-0.05, 0) is 30.4 Å². The summed E-state index contributed by atoms with van der Waals surface area (Å²) in [6.07, 6.45) is 0.292. The van der Waals surface area contributed by atoms with Crippen LogP contribution < -0.4 is 5.32 Å². The molecule has 3 rings (SSSR count). The summed E-state index contributed by atoms with van der Waals surface area (Å²) < 4.78 is 0. The van der Waals surface area contributed by atoms with E-state index in [1.165, 1.54) is 17.8 Å². The molecule has 0 saturated heterocycles. The van der Waals surface area contributed by atoms with Gasteiger partial charge in [0, 0.05) is 23.2 Å². The smallest absolute Gasteiger partial charge is 0.257 e. The van der Waals surface area contributed by atoms with E-state index in [1.807, 2.05) is 13.0 Å². The first-order chi connectivity index (χ1) is 14.0. The van der Waals surface area contributed by atoms with Crippen molar-refractivity contribution in [3.05, 3.63) is 70.8 Å². The molecule has 0 radical (unpaired) electrons. The van der Waals surface area contributed by atoms with Gasteiger partial charge in [-0.15, -0.1) is 0 Å². The fourth-order valence-electron chi connectivity index (χ4n) is 3.12. The minimum absolute atomic E-state index is 0.164. The summed E-state index contributed by atoms with van der Waals surface area (Å²) in [5, 5.41) is 12.1. The molecule has 0 aliphatic heterocycles. The number of Topliss-reactive ketones (excluding diaryl/α,β-unsaturated/α-hetero) is 2. The molecule has 0 bridgehead atoms. The van der Waals surface area contributed by atoms with Crippen LogP contribution in [-0.2, 0) is 0 Å². The van der Waals surface area contributed by atoms with Gasteiger partial charge < -0.3 is 5.32 Å². The first-order valence-electron chi connectivity index (χ1n) is 9.21. The Morgan fingerprint density at radius 1 is 1.14 bits per heavy atom. The maximum Gasteiger partial charge on any atom is 0.257 e. The van der Waals surface area contributed by atoms with E-state index in [9.17, 15) is 14.4 Å². The number of amidine groups is 1. The lowest BCUT2D eigenvalue weighted by atomic mass is 10.0. The van der Waals surface area contributed by atoms with Crippen LogP contribution in [0.3, 0.4) is 0 Å². The third kappa shape index (κ3) is 4.61. The molecular weight excluding hydrogens is 386 g/mol. The van der Waals surface area contributed by atoms with E-state index in [0.29, 0.717) is 39.6 Å². The van der Waals surface area contributed by atoms with Crippen LogP contribution in [0.15, 0.2) is 53.5 Å². The highest BCUT2D eigenvalue weighted by Crippen LogP contribution is 2.28. The van der Waals surface area contributed by atoms with Gasteiger partial charge in [0.25, 0.3) is 5.91 Å². The highest BCUT2D eigenvalue weighted by molar-refractivity contribution is 8.13. The summed E-state index contributed by atoms with van der Waals surface area (Å²) in [6.45, 7) is 2.18. The van der Waals surface area contributed by atoms with Gasteiger partial charge in [-0.3, -0.25) is 19.4 Å². The topological polar surface area (TPSA) is 99.4 Å². The number of hydrogen-bond acceptors (Lipinski definition) is 6. The summed E-state index contributed by atoms with van der Waals surface area (Å²) in [7, 11) is 0. The number of nitrogens with one attached hydrogen (secondary N) is 1. The summed E-state index contributed by atoms with van der Waals surface area (Å²) >= 11 is 1.36. The number of nitriles is 1. The first kappa shape index (κ1) is 20.5. The van der Waals surface area contributed by atoms with E-state index >= 15 is 0 Å². The maximum absolute atomic E-state index is 12.5. The van der Waals surface area contributed by atoms with Gasteiger partial charge in [0.15, 0.2) is 16.7 Å². The van der Waals surface area contributed by atoms with E-state index in [1.54, 1.807) is 42.5 Å². The fraction of sp³-hybridized carbons (Fsp3) is 0.227. The predicted octanol–water partition coefficient (Wildman–Crippen LogP) is 3.48.